The van der Waals surface area contributed by atoms with Crippen molar-refractivity contribution >= 4 is 27.5 Å². The summed E-state index contributed by atoms with van der Waals surface area (Å²) in [4.78, 5) is 13.9. The molecule has 2 aromatic rings. The van der Waals surface area contributed by atoms with Crippen LogP contribution in [0.1, 0.15) is 31.4 Å². The highest BCUT2D eigenvalue weighted by molar-refractivity contribution is 7.89. The minimum atomic E-state index is -3.76. The van der Waals surface area contributed by atoms with E-state index >= 15 is 0 Å². The van der Waals surface area contributed by atoms with Gasteiger partial charge in [0.2, 0.25) is 10.0 Å². The second kappa shape index (κ2) is 8.94. The number of likely N-dealkylation sites (tertiary alicyclic amines) is 1. The highest BCUT2D eigenvalue weighted by Crippen LogP contribution is 2.28. The monoisotopic (exact) mass is 422 g/mol. The van der Waals surface area contributed by atoms with Crippen LogP contribution in [-0.2, 0) is 14.8 Å². The van der Waals surface area contributed by atoms with E-state index in [1.165, 1.54) is 18.2 Å². The average molecular weight is 423 g/mol. The smallest absolute Gasteiger partial charge is 0.260 e. The first kappa shape index (κ1) is 20.6. The number of carbonyl (C=O) groups excluding carboxylic acids is 1. The minimum Gasteiger partial charge on any atom is -0.482 e. The summed E-state index contributed by atoms with van der Waals surface area (Å²) in [6.07, 6.45) is 2.01. The molecular weight excluding hydrogens is 400 g/mol. The maximum absolute atomic E-state index is 12.6. The van der Waals surface area contributed by atoms with Crippen LogP contribution in [0, 0.1) is 0 Å². The third-order valence-corrected chi connectivity index (χ3v) is 6.49. The standard InChI is InChI=1S/C20H23ClN2O4S/c1-15(16-7-3-2-4-8-16)22-28(25,26)17-9-10-19(18(21)13-17)27-14-20(24)23-11-5-6-12-23/h2-4,7-10,13,15,22H,5-6,11-12,14H2,1H3. The predicted octanol–water partition coefficient (Wildman–Crippen LogP) is 3.38. The topological polar surface area (TPSA) is 75.7 Å². The Morgan fingerprint density at radius 3 is 2.50 bits per heavy atom. The van der Waals surface area contributed by atoms with Gasteiger partial charge in [0.1, 0.15) is 5.75 Å². The first-order valence-electron chi connectivity index (χ1n) is 9.14. The Bertz CT molecular complexity index is 928. The molecule has 0 radical (unpaired) electrons. The van der Waals surface area contributed by atoms with Gasteiger partial charge in [0, 0.05) is 19.1 Å². The lowest BCUT2D eigenvalue weighted by atomic mass is 10.1. The first-order valence-corrected chi connectivity index (χ1v) is 11.0. The van der Waals surface area contributed by atoms with E-state index in [1.54, 1.807) is 11.8 Å². The van der Waals surface area contributed by atoms with Gasteiger partial charge in [-0.1, -0.05) is 41.9 Å². The van der Waals surface area contributed by atoms with E-state index in [4.69, 9.17) is 16.3 Å². The molecule has 0 aliphatic carbocycles. The van der Waals surface area contributed by atoms with Gasteiger partial charge in [0.25, 0.3) is 5.91 Å². The number of hydrogen-bond acceptors (Lipinski definition) is 4. The number of rotatable bonds is 7. The van der Waals surface area contributed by atoms with Crippen LogP contribution in [0.25, 0.3) is 0 Å². The fourth-order valence-corrected chi connectivity index (χ4v) is 4.63. The van der Waals surface area contributed by atoms with Crippen molar-refractivity contribution in [1.82, 2.24) is 9.62 Å². The number of nitrogens with zero attached hydrogens (tertiary/aromatic N) is 1. The van der Waals surface area contributed by atoms with Crippen LogP contribution in [0.3, 0.4) is 0 Å². The summed E-state index contributed by atoms with van der Waals surface area (Å²) in [6, 6.07) is 13.1. The van der Waals surface area contributed by atoms with Crippen LogP contribution in [0.15, 0.2) is 53.4 Å². The molecule has 6 nitrogen and oxygen atoms in total. The van der Waals surface area contributed by atoms with E-state index in [2.05, 4.69) is 4.72 Å². The fourth-order valence-electron chi connectivity index (χ4n) is 3.07. The zero-order valence-electron chi connectivity index (χ0n) is 15.6. The van der Waals surface area contributed by atoms with Crippen LogP contribution in [0.5, 0.6) is 5.75 Å². The Hall–Kier alpha value is -2.09. The molecule has 1 amide bonds. The zero-order chi connectivity index (χ0) is 20.1. The summed E-state index contributed by atoms with van der Waals surface area (Å²) in [7, 11) is -3.76. The molecule has 0 aromatic heterocycles. The largest absolute Gasteiger partial charge is 0.482 e. The molecule has 1 aliphatic heterocycles. The van der Waals surface area contributed by atoms with Crippen molar-refractivity contribution in [3.05, 3.63) is 59.1 Å². The number of halogens is 1. The molecule has 0 spiro atoms. The molecule has 1 N–H and O–H groups in total. The van der Waals surface area contributed by atoms with Crippen LogP contribution in [0.4, 0.5) is 0 Å². The molecule has 3 rings (SSSR count). The van der Waals surface area contributed by atoms with Crippen molar-refractivity contribution in [2.45, 2.75) is 30.7 Å². The number of ether oxygens (including phenoxy) is 1. The van der Waals surface area contributed by atoms with Gasteiger partial charge in [0.15, 0.2) is 6.61 Å². The van der Waals surface area contributed by atoms with E-state index in [9.17, 15) is 13.2 Å². The van der Waals surface area contributed by atoms with Crippen LogP contribution < -0.4 is 9.46 Å². The third-order valence-electron chi connectivity index (χ3n) is 4.66. The van der Waals surface area contributed by atoms with Crippen molar-refractivity contribution in [2.75, 3.05) is 19.7 Å². The van der Waals surface area contributed by atoms with Gasteiger partial charge >= 0.3 is 0 Å². The lowest BCUT2D eigenvalue weighted by molar-refractivity contribution is -0.132. The number of amides is 1. The third kappa shape index (κ3) is 5.04. The lowest BCUT2D eigenvalue weighted by Crippen LogP contribution is -2.32. The van der Waals surface area contributed by atoms with Crippen molar-refractivity contribution in [3.63, 3.8) is 0 Å². The molecule has 2 aromatic carbocycles. The molecule has 1 fully saturated rings. The van der Waals surface area contributed by atoms with E-state index in [-0.39, 0.29) is 34.2 Å². The van der Waals surface area contributed by atoms with Gasteiger partial charge in [-0.05, 0) is 43.5 Å². The predicted molar refractivity (Wildman–Crippen MR) is 108 cm³/mol. The Kier molecular flexibility index (Phi) is 6.59. The highest BCUT2D eigenvalue weighted by atomic mass is 35.5. The van der Waals surface area contributed by atoms with E-state index in [0.29, 0.717) is 0 Å². The lowest BCUT2D eigenvalue weighted by Gasteiger charge is -2.17. The average Bonchev–Trinajstić information content (AvgIpc) is 3.22. The maximum atomic E-state index is 12.6. The number of sulfonamides is 1. The normalized spacial score (nSPS) is 15.4. The second-order valence-electron chi connectivity index (χ2n) is 6.72. The Morgan fingerprint density at radius 2 is 1.86 bits per heavy atom. The summed E-state index contributed by atoms with van der Waals surface area (Å²) < 4.78 is 33.4. The number of hydrogen-bond donors (Lipinski definition) is 1. The van der Waals surface area contributed by atoms with Gasteiger partial charge in [-0.15, -0.1) is 0 Å². The van der Waals surface area contributed by atoms with E-state index < -0.39 is 10.0 Å². The van der Waals surface area contributed by atoms with Gasteiger partial charge in [0.05, 0.1) is 9.92 Å². The zero-order valence-corrected chi connectivity index (χ0v) is 17.2. The van der Waals surface area contributed by atoms with Crippen molar-refractivity contribution in [3.8, 4) is 5.75 Å². The van der Waals surface area contributed by atoms with Gasteiger partial charge in [-0.3, -0.25) is 4.79 Å². The Morgan fingerprint density at radius 1 is 1.18 bits per heavy atom. The summed E-state index contributed by atoms with van der Waals surface area (Å²) in [5.41, 5.74) is 0.859. The molecular formula is C20H23ClN2O4S. The highest BCUT2D eigenvalue weighted by Gasteiger charge is 2.21. The van der Waals surface area contributed by atoms with Crippen molar-refractivity contribution in [1.29, 1.82) is 0 Å². The van der Waals surface area contributed by atoms with Crippen LogP contribution in [0.2, 0.25) is 5.02 Å². The van der Waals surface area contributed by atoms with Gasteiger partial charge in [-0.2, -0.15) is 0 Å². The molecule has 1 heterocycles. The molecule has 8 heteroatoms. The molecule has 0 bridgehead atoms. The second-order valence-corrected chi connectivity index (χ2v) is 8.84. The fraction of sp³-hybridized carbons (Fsp3) is 0.350. The summed E-state index contributed by atoms with van der Waals surface area (Å²) >= 11 is 6.19. The quantitative estimate of drug-likeness (QED) is 0.742. The minimum absolute atomic E-state index is 0.0403. The Balaban J connectivity index is 1.66. The maximum Gasteiger partial charge on any atom is 0.260 e. The first-order chi connectivity index (χ1) is 13.4. The van der Waals surface area contributed by atoms with E-state index in [1.807, 2.05) is 30.3 Å². The molecule has 1 unspecified atom stereocenters. The SMILES string of the molecule is CC(NS(=O)(=O)c1ccc(OCC(=O)N2CCCC2)c(Cl)c1)c1ccccc1. The van der Waals surface area contributed by atoms with Crippen LogP contribution >= 0.6 is 11.6 Å². The molecule has 150 valence electrons. The number of carbonyl (C=O) groups is 1. The molecule has 1 saturated heterocycles. The molecule has 1 aliphatic rings. The summed E-state index contributed by atoms with van der Waals surface area (Å²) in [5, 5.41) is 0.143. The number of nitrogens with one attached hydrogen (secondary N) is 1. The van der Waals surface area contributed by atoms with Crippen LogP contribution in [-0.4, -0.2) is 38.9 Å². The van der Waals surface area contributed by atoms with Crippen molar-refractivity contribution < 1.29 is 17.9 Å². The summed E-state index contributed by atoms with van der Waals surface area (Å²) in [5.74, 6) is 0.188. The van der Waals surface area contributed by atoms with Crippen molar-refractivity contribution in [2.24, 2.45) is 0 Å². The molecule has 28 heavy (non-hydrogen) atoms. The molecule has 0 saturated carbocycles. The number of benzene rings is 2. The molecule has 1 atom stereocenters. The van der Waals surface area contributed by atoms with E-state index in [0.717, 1.165) is 31.5 Å². The summed E-state index contributed by atoms with van der Waals surface area (Å²) in [6.45, 7) is 3.15. The Labute approximate surface area is 170 Å². The van der Waals surface area contributed by atoms with Gasteiger partial charge < -0.3 is 9.64 Å². The van der Waals surface area contributed by atoms with Gasteiger partial charge in [-0.25, -0.2) is 13.1 Å².